The van der Waals surface area contributed by atoms with E-state index in [2.05, 4.69) is 28.4 Å². The van der Waals surface area contributed by atoms with E-state index in [-0.39, 0.29) is 0 Å². The van der Waals surface area contributed by atoms with Crippen molar-refractivity contribution in [2.75, 3.05) is 0 Å². The second-order valence-electron chi connectivity index (χ2n) is 9.01. The molecule has 0 atom stereocenters. The summed E-state index contributed by atoms with van der Waals surface area (Å²) in [5, 5.41) is 8.51. The van der Waals surface area contributed by atoms with Crippen molar-refractivity contribution in [3.8, 4) is 0 Å². The van der Waals surface area contributed by atoms with Gasteiger partial charge in [0.2, 0.25) is 0 Å². The number of aryl methyl sites for hydroxylation is 1. The van der Waals surface area contributed by atoms with Crippen LogP contribution in [0.5, 0.6) is 0 Å². The van der Waals surface area contributed by atoms with Gasteiger partial charge in [-0.05, 0) is 80.2 Å². The number of nitrogens with zero attached hydrogens (tertiary/aromatic N) is 1. The van der Waals surface area contributed by atoms with Crippen LogP contribution in [0, 0.1) is 30.1 Å². The Morgan fingerprint density at radius 3 is 2.50 bits per heavy atom. The van der Waals surface area contributed by atoms with E-state index in [1.54, 1.807) is 0 Å². The van der Waals surface area contributed by atoms with Crippen LogP contribution in [0.15, 0.2) is 18.2 Å². The predicted molar refractivity (Wildman–Crippen MR) is 94.8 cm³/mol. The van der Waals surface area contributed by atoms with Gasteiger partial charge in [0.05, 0.1) is 5.52 Å². The minimum Gasteiger partial charge on any atom is -0.299 e. The molecule has 0 radical (unpaired) electrons. The molecular weight excluding hydrogens is 296 g/mol. The Bertz CT molecular complexity index is 768. The third-order valence-electron chi connectivity index (χ3n) is 6.95. The highest BCUT2D eigenvalue weighted by Gasteiger charge is 2.51. The van der Waals surface area contributed by atoms with Crippen molar-refractivity contribution in [2.45, 2.75) is 58.3 Å². The maximum atomic E-state index is 12.8. The molecule has 1 heterocycles. The van der Waals surface area contributed by atoms with Crippen LogP contribution >= 0.6 is 0 Å². The van der Waals surface area contributed by atoms with Crippen LogP contribution in [-0.4, -0.2) is 16.0 Å². The summed E-state index contributed by atoms with van der Waals surface area (Å²) in [6.45, 7) is 2.03. The van der Waals surface area contributed by atoms with Crippen LogP contribution in [0.1, 0.15) is 56.2 Å². The van der Waals surface area contributed by atoms with Crippen molar-refractivity contribution in [3.05, 3.63) is 29.5 Å². The molecule has 1 aromatic carbocycles. The zero-order valence-corrected chi connectivity index (χ0v) is 14.5. The lowest BCUT2D eigenvalue weighted by Crippen LogP contribution is -2.47. The standard InChI is InChI=1S/C21H26N2O/c1-13-19-3-2-14(8-20(19)23-22-13)7-18(24)12-21-9-15-4-16(10-21)6-17(5-15)11-21/h2-3,8,15-17H,4-7,9-12H2,1H3,(H,22,23). The highest BCUT2D eigenvalue weighted by atomic mass is 16.1. The molecule has 4 aliphatic carbocycles. The van der Waals surface area contributed by atoms with Gasteiger partial charge in [-0.3, -0.25) is 9.89 Å². The minimum absolute atomic E-state index is 0.360. The van der Waals surface area contributed by atoms with Gasteiger partial charge in [0, 0.05) is 23.9 Å². The Hall–Kier alpha value is -1.64. The fraction of sp³-hybridized carbons (Fsp3) is 0.619. The number of aromatic nitrogens is 2. The van der Waals surface area contributed by atoms with Crippen molar-refractivity contribution >= 4 is 16.7 Å². The summed E-state index contributed by atoms with van der Waals surface area (Å²) in [5.74, 6) is 3.20. The van der Waals surface area contributed by atoms with E-state index in [1.807, 2.05) is 6.92 Å². The SMILES string of the molecule is Cc1[nH]nc2cc(CC(=O)CC34CC5CC(CC(C5)C3)C4)ccc12. The fourth-order valence-electron chi connectivity index (χ4n) is 6.52. The Balaban J connectivity index is 1.31. The summed E-state index contributed by atoms with van der Waals surface area (Å²) in [6.07, 6.45) is 9.69. The summed E-state index contributed by atoms with van der Waals surface area (Å²) >= 11 is 0. The molecule has 126 valence electrons. The molecule has 4 fully saturated rings. The second kappa shape index (κ2) is 5.18. The lowest BCUT2D eigenvalue weighted by atomic mass is 9.48. The molecular formula is C21H26N2O. The Morgan fingerprint density at radius 1 is 1.17 bits per heavy atom. The third kappa shape index (κ3) is 2.40. The maximum absolute atomic E-state index is 12.8. The van der Waals surface area contributed by atoms with Gasteiger partial charge in [-0.15, -0.1) is 0 Å². The van der Waals surface area contributed by atoms with Crippen molar-refractivity contribution < 1.29 is 4.79 Å². The summed E-state index contributed by atoms with van der Waals surface area (Å²) in [4.78, 5) is 12.8. The van der Waals surface area contributed by atoms with Gasteiger partial charge < -0.3 is 0 Å². The molecule has 1 N–H and O–H groups in total. The van der Waals surface area contributed by atoms with E-state index in [0.717, 1.165) is 46.3 Å². The number of rotatable bonds is 4. The Morgan fingerprint density at radius 2 is 1.83 bits per heavy atom. The van der Waals surface area contributed by atoms with Gasteiger partial charge in [-0.2, -0.15) is 5.10 Å². The summed E-state index contributed by atoms with van der Waals surface area (Å²) in [7, 11) is 0. The average Bonchev–Trinajstić information content (AvgIpc) is 2.86. The molecule has 4 aliphatic rings. The van der Waals surface area contributed by atoms with Gasteiger partial charge in [-0.25, -0.2) is 0 Å². The van der Waals surface area contributed by atoms with E-state index >= 15 is 0 Å². The quantitative estimate of drug-likeness (QED) is 0.895. The molecule has 24 heavy (non-hydrogen) atoms. The number of nitrogens with one attached hydrogen (secondary N) is 1. The van der Waals surface area contributed by atoms with Gasteiger partial charge in [0.1, 0.15) is 5.78 Å². The van der Waals surface area contributed by atoms with E-state index in [4.69, 9.17) is 0 Å². The van der Waals surface area contributed by atoms with Crippen LogP contribution in [0.3, 0.4) is 0 Å². The van der Waals surface area contributed by atoms with Crippen LogP contribution < -0.4 is 0 Å². The first-order valence-corrected chi connectivity index (χ1v) is 9.54. The maximum Gasteiger partial charge on any atom is 0.137 e. The number of Topliss-reactive ketones (excluding diaryl/α,β-unsaturated/α-hetero) is 1. The Kier molecular flexibility index (Phi) is 3.17. The van der Waals surface area contributed by atoms with Crippen LogP contribution in [-0.2, 0) is 11.2 Å². The van der Waals surface area contributed by atoms with Crippen molar-refractivity contribution in [1.82, 2.24) is 10.2 Å². The molecule has 3 heteroatoms. The van der Waals surface area contributed by atoms with E-state index < -0.39 is 0 Å². The zero-order chi connectivity index (χ0) is 16.3. The first kappa shape index (κ1) is 14.7. The highest BCUT2D eigenvalue weighted by Crippen LogP contribution is 2.61. The molecule has 0 saturated heterocycles. The molecule has 0 aliphatic heterocycles. The average molecular weight is 322 g/mol. The van der Waals surface area contributed by atoms with Crippen molar-refractivity contribution in [1.29, 1.82) is 0 Å². The van der Waals surface area contributed by atoms with Crippen molar-refractivity contribution in [3.63, 3.8) is 0 Å². The summed E-state index contributed by atoms with van der Waals surface area (Å²) in [5.41, 5.74) is 3.55. The number of aromatic amines is 1. The number of carbonyl (C=O) groups excluding carboxylic acids is 1. The lowest BCUT2D eigenvalue weighted by molar-refractivity contribution is -0.126. The number of hydrogen-bond donors (Lipinski definition) is 1. The molecule has 1 aromatic heterocycles. The largest absolute Gasteiger partial charge is 0.299 e. The lowest BCUT2D eigenvalue weighted by Gasteiger charge is -2.56. The zero-order valence-electron chi connectivity index (χ0n) is 14.5. The molecule has 2 aromatic rings. The van der Waals surface area contributed by atoms with E-state index in [9.17, 15) is 4.79 Å². The van der Waals surface area contributed by atoms with E-state index in [0.29, 0.717) is 17.6 Å². The van der Waals surface area contributed by atoms with Gasteiger partial charge in [0.15, 0.2) is 0 Å². The molecule has 3 nitrogen and oxygen atoms in total. The third-order valence-corrected chi connectivity index (χ3v) is 6.95. The number of H-pyrrole nitrogens is 1. The minimum atomic E-state index is 0.360. The normalized spacial score (nSPS) is 34.1. The van der Waals surface area contributed by atoms with Crippen LogP contribution in [0.25, 0.3) is 10.9 Å². The number of fused-ring (bicyclic) bond motifs is 1. The topological polar surface area (TPSA) is 45.8 Å². The molecule has 0 unspecified atom stereocenters. The number of benzene rings is 1. The molecule has 0 amide bonds. The summed E-state index contributed by atoms with van der Waals surface area (Å²) < 4.78 is 0. The molecule has 4 saturated carbocycles. The van der Waals surface area contributed by atoms with Gasteiger partial charge in [0.25, 0.3) is 0 Å². The summed E-state index contributed by atoms with van der Waals surface area (Å²) in [6, 6.07) is 6.28. The molecule has 0 spiro atoms. The van der Waals surface area contributed by atoms with Crippen LogP contribution in [0.4, 0.5) is 0 Å². The number of carbonyl (C=O) groups is 1. The van der Waals surface area contributed by atoms with E-state index in [1.165, 1.54) is 38.5 Å². The highest BCUT2D eigenvalue weighted by molar-refractivity contribution is 5.85. The predicted octanol–water partition coefficient (Wildman–Crippen LogP) is 4.59. The number of ketones is 1. The monoisotopic (exact) mass is 322 g/mol. The van der Waals surface area contributed by atoms with Gasteiger partial charge >= 0.3 is 0 Å². The first-order valence-electron chi connectivity index (χ1n) is 9.54. The Labute approximate surface area is 143 Å². The second-order valence-corrected chi connectivity index (χ2v) is 9.01. The number of hydrogen-bond acceptors (Lipinski definition) is 2. The van der Waals surface area contributed by atoms with Crippen molar-refractivity contribution in [2.24, 2.45) is 23.2 Å². The molecule has 6 rings (SSSR count). The van der Waals surface area contributed by atoms with Crippen LogP contribution in [0.2, 0.25) is 0 Å². The smallest absolute Gasteiger partial charge is 0.137 e. The first-order chi connectivity index (χ1) is 11.6. The fourth-order valence-corrected chi connectivity index (χ4v) is 6.52. The van der Waals surface area contributed by atoms with Gasteiger partial charge in [-0.1, -0.05) is 12.1 Å². The molecule has 4 bridgehead atoms.